The molecular formula is C23H20BrN3O2S. The van der Waals surface area contributed by atoms with E-state index in [2.05, 4.69) is 26.6 Å². The first-order valence-electron chi connectivity index (χ1n) is 9.33. The fourth-order valence-corrected chi connectivity index (χ4v) is 3.54. The van der Waals surface area contributed by atoms with Gasteiger partial charge >= 0.3 is 0 Å². The Morgan fingerprint density at radius 1 is 0.967 bits per heavy atom. The topological polar surface area (TPSA) is 61.4 Å². The third-order valence-electron chi connectivity index (χ3n) is 4.35. The van der Waals surface area contributed by atoms with Crippen LogP contribution >= 0.6 is 28.1 Å². The molecule has 0 spiro atoms. The number of hydrogen-bond donors (Lipinski definition) is 2. The summed E-state index contributed by atoms with van der Waals surface area (Å²) in [7, 11) is 0. The van der Waals surface area contributed by atoms with Gasteiger partial charge in [-0.3, -0.25) is 14.9 Å². The van der Waals surface area contributed by atoms with Gasteiger partial charge in [0.25, 0.3) is 11.8 Å². The van der Waals surface area contributed by atoms with Crippen LogP contribution in [0.1, 0.15) is 27.6 Å². The van der Waals surface area contributed by atoms with Crippen molar-refractivity contribution in [3.8, 4) is 0 Å². The maximum absolute atomic E-state index is 13.2. The van der Waals surface area contributed by atoms with E-state index in [1.165, 1.54) is 0 Å². The molecule has 0 saturated heterocycles. The Hall–Kier alpha value is -3.03. The van der Waals surface area contributed by atoms with Crippen LogP contribution < -0.4 is 15.5 Å². The number of benzene rings is 3. The molecule has 0 aliphatic heterocycles. The van der Waals surface area contributed by atoms with E-state index >= 15 is 0 Å². The largest absolute Gasteiger partial charge is 0.332 e. The third kappa shape index (κ3) is 5.31. The highest BCUT2D eigenvalue weighted by Crippen LogP contribution is 2.22. The Balaban J connectivity index is 1.77. The molecule has 3 aromatic rings. The number of rotatable bonds is 5. The van der Waals surface area contributed by atoms with Crippen LogP contribution in [0.15, 0.2) is 83.3 Å². The molecule has 0 atom stereocenters. The highest BCUT2D eigenvalue weighted by molar-refractivity contribution is 9.10. The lowest BCUT2D eigenvalue weighted by molar-refractivity contribution is 0.0974. The van der Waals surface area contributed by atoms with Crippen LogP contribution in [0, 0.1) is 0 Å². The van der Waals surface area contributed by atoms with E-state index in [1.54, 1.807) is 47.4 Å². The van der Waals surface area contributed by atoms with Gasteiger partial charge in [-0.1, -0.05) is 52.3 Å². The summed E-state index contributed by atoms with van der Waals surface area (Å²) >= 11 is 8.64. The van der Waals surface area contributed by atoms with Crippen LogP contribution in [0.2, 0.25) is 0 Å². The molecule has 0 radical (unpaired) electrons. The second kappa shape index (κ2) is 10.1. The molecule has 152 valence electrons. The van der Waals surface area contributed by atoms with Crippen molar-refractivity contribution >= 4 is 56.4 Å². The average molecular weight is 482 g/mol. The van der Waals surface area contributed by atoms with Crippen LogP contribution in [-0.4, -0.2) is 23.5 Å². The molecule has 0 bridgehead atoms. The minimum Gasteiger partial charge on any atom is -0.332 e. The molecule has 5 nitrogen and oxygen atoms in total. The Bertz CT molecular complexity index is 1070. The number of thiocarbonyl (C=S) groups is 1. The Morgan fingerprint density at radius 2 is 1.67 bits per heavy atom. The van der Waals surface area contributed by atoms with Crippen LogP contribution in [-0.2, 0) is 0 Å². The van der Waals surface area contributed by atoms with Crippen molar-refractivity contribution in [2.75, 3.05) is 16.8 Å². The van der Waals surface area contributed by atoms with E-state index in [0.717, 1.165) is 10.2 Å². The lowest BCUT2D eigenvalue weighted by Gasteiger charge is -2.23. The minimum atomic E-state index is -0.336. The van der Waals surface area contributed by atoms with Crippen LogP contribution in [0.3, 0.4) is 0 Å². The first-order chi connectivity index (χ1) is 14.5. The van der Waals surface area contributed by atoms with Gasteiger partial charge in [0, 0.05) is 22.3 Å². The number of amides is 2. The van der Waals surface area contributed by atoms with Crippen LogP contribution in [0.5, 0.6) is 0 Å². The summed E-state index contributed by atoms with van der Waals surface area (Å²) in [5.41, 5.74) is 2.27. The number of carbonyl (C=O) groups excluding carboxylic acids is 2. The van der Waals surface area contributed by atoms with Gasteiger partial charge in [0.1, 0.15) is 0 Å². The van der Waals surface area contributed by atoms with Crippen LogP contribution in [0.4, 0.5) is 11.4 Å². The Labute approximate surface area is 189 Å². The minimum absolute atomic E-state index is 0.114. The molecule has 7 heteroatoms. The zero-order valence-electron chi connectivity index (χ0n) is 16.3. The zero-order valence-corrected chi connectivity index (χ0v) is 18.7. The number of nitrogens with one attached hydrogen (secondary N) is 2. The van der Waals surface area contributed by atoms with E-state index < -0.39 is 0 Å². The Morgan fingerprint density at radius 3 is 2.37 bits per heavy atom. The Kier molecular flexibility index (Phi) is 7.32. The summed E-state index contributed by atoms with van der Waals surface area (Å²) in [6.45, 7) is 2.44. The fraction of sp³-hybridized carbons (Fsp3) is 0.0870. The highest BCUT2D eigenvalue weighted by Gasteiger charge is 2.19. The van der Waals surface area contributed by atoms with Crippen molar-refractivity contribution in [3.05, 3.63) is 94.5 Å². The average Bonchev–Trinajstić information content (AvgIpc) is 2.75. The highest BCUT2D eigenvalue weighted by atomic mass is 79.9. The zero-order chi connectivity index (χ0) is 21.5. The van der Waals surface area contributed by atoms with Gasteiger partial charge in [-0.2, -0.15) is 0 Å². The number of nitrogens with zero attached hydrogens (tertiary/aromatic N) is 1. The summed E-state index contributed by atoms with van der Waals surface area (Å²) in [6.07, 6.45) is 0. The van der Waals surface area contributed by atoms with Crippen molar-refractivity contribution in [1.82, 2.24) is 5.32 Å². The molecule has 0 fully saturated rings. The summed E-state index contributed by atoms with van der Waals surface area (Å²) in [5.74, 6) is -0.495. The van der Waals surface area contributed by atoms with Gasteiger partial charge in [-0.25, -0.2) is 0 Å². The number of halogens is 1. The maximum atomic E-state index is 13.2. The molecule has 0 aliphatic carbocycles. The van der Waals surface area contributed by atoms with E-state index in [0.29, 0.717) is 23.4 Å². The lowest BCUT2D eigenvalue weighted by atomic mass is 10.1. The number of carbonyl (C=O) groups is 2. The van der Waals surface area contributed by atoms with Crippen LogP contribution in [0.25, 0.3) is 0 Å². The summed E-state index contributed by atoms with van der Waals surface area (Å²) in [5, 5.41) is 5.74. The van der Waals surface area contributed by atoms with E-state index in [4.69, 9.17) is 12.2 Å². The standard InChI is InChI=1S/C23H20BrN3O2S/c1-2-27(18-11-4-3-5-12-18)22(29)19-13-6-7-14-20(19)25-23(30)26-21(28)16-9-8-10-17(24)15-16/h3-15H,2H2,1H3,(H2,25,26,28,30). The smallest absolute Gasteiger partial charge is 0.260 e. The van der Waals surface area contributed by atoms with E-state index in [9.17, 15) is 9.59 Å². The van der Waals surface area contributed by atoms with Gasteiger partial charge in [0.05, 0.1) is 11.3 Å². The van der Waals surface area contributed by atoms with E-state index in [-0.39, 0.29) is 16.9 Å². The first-order valence-corrected chi connectivity index (χ1v) is 10.5. The predicted octanol–water partition coefficient (Wildman–Crippen LogP) is 5.24. The lowest BCUT2D eigenvalue weighted by Crippen LogP contribution is -2.35. The normalized spacial score (nSPS) is 10.2. The monoisotopic (exact) mass is 481 g/mol. The second-order valence-electron chi connectivity index (χ2n) is 6.35. The molecule has 0 unspecified atom stereocenters. The van der Waals surface area contributed by atoms with Crippen molar-refractivity contribution in [1.29, 1.82) is 0 Å². The van der Waals surface area contributed by atoms with E-state index in [1.807, 2.05) is 43.3 Å². The number of anilines is 2. The third-order valence-corrected chi connectivity index (χ3v) is 5.05. The van der Waals surface area contributed by atoms with Gasteiger partial charge in [-0.05, 0) is 61.6 Å². The summed E-state index contributed by atoms with van der Waals surface area (Å²) in [4.78, 5) is 27.3. The maximum Gasteiger partial charge on any atom is 0.260 e. The quantitative estimate of drug-likeness (QED) is 0.489. The predicted molar refractivity (Wildman–Crippen MR) is 128 cm³/mol. The molecule has 0 heterocycles. The molecule has 3 aromatic carbocycles. The SMILES string of the molecule is CCN(C(=O)c1ccccc1NC(=S)NC(=O)c1cccc(Br)c1)c1ccccc1. The van der Waals surface area contributed by atoms with Gasteiger partial charge in [-0.15, -0.1) is 0 Å². The molecule has 0 aromatic heterocycles. The number of hydrogen-bond acceptors (Lipinski definition) is 3. The number of para-hydroxylation sites is 2. The molecule has 3 rings (SSSR count). The molecule has 0 saturated carbocycles. The second-order valence-corrected chi connectivity index (χ2v) is 7.67. The van der Waals surface area contributed by atoms with Gasteiger partial charge in [0.2, 0.25) is 0 Å². The van der Waals surface area contributed by atoms with Crippen molar-refractivity contribution in [3.63, 3.8) is 0 Å². The summed E-state index contributed by atoms with van der Waals surface area (Å²) < 4.78 is 0.797. The first kappa shape index (κ1) is 21.7. The molecule has 30 heavy (non-hydrogen) atoms. The fourth-order valence-electron chi connectivity index (χ4n) is 2.93. The van der Waals surface area contributed by atoms with Gasteiger partial charge < -0.3 is 10.2 Å². The molecular weight excluding hydrogens is 462 g/mol. The van der Waals surface area contributed by atoms with Crippen molar-refractivity contribution in [2.45, 2.75) is 6.92 Å². The molecule has 2 N–H and O–H groups in total. The molecule has 2 amide bonds. The summed E-state index contributed by atoms with van der Waals surface area (Å²) in [6, 6.07) is 23.5. The van der Waals surface area contributed by atoms with Gasteiger partial charge in [0.15, 0.2) is 5.11 Å². The molecule has 0 aliphatic rings. The van der Waals surface area contributed by atoms with Crippen molar-refractivity contribution < 1.29 is 9.59 Å². The van der Waals surface area contributed by atoms with Crippen molar-refractivity contribution in [2.24, 2.45) is 0 Å².